The van der Waals surface area contributed by atoms with E-state index in [0.29, 0.717) is 27.3 Å². The minimum atomic E-state index is -0.475. The minimum Gasteiger partial charge on any atom is -0.493 e. The van der Waals surface area contributed by atoms with Crippen LogP contribution in [-0.2, 0) is 0 Å². The Morgan fingerprint density at radius 1 is 0.968 bits per heavy atom. The number of halogens is 2. The third-order valence-corrected chi connectivity index (χ3v) is 6.11. The van der Waals surface area contributed by atoms with E-state index in [4.69, 9.17) is 42.5 Å². The molecule has 2 aliphatic heterocycles. The Kier molecular flexibility index (Phi) is 5.16. The van der Waals surface area contributed by atoms with Crippen molar-refractivity contribution in [3.05, 3.63) is 87.4 Å². The van der Waals surface area contributed by atoms with Crippen LogP contribution in [-0.4, -0.2) is 24.9 Å². The largest absolute Gasteiger partial charge is 0.493 e. The van der Waals surface area contributed by atoms with Crippen LogP contribution in [0.2, 0.25) is 10.0 Å². The molecule has 5 nitrogen and oxygen atoms in total. The lowest BCUT2D eigenvalue weighted by atomic mass is 9.96. The molecule has 0 radical (unpaired) electrons. The lowest BCUT2D eigenvalue weighted by Gasteiger charge is -2.38. The molecule has 0 saturated heterocycles. The van der Waals surface area contributed by atoms with Crippen LogP contribution in [0.5, 0.6) is 17.2 Å². The van der Waals surface area contributed by atoms with Crippen molar-refractivity contribution in [2.24, 2.45) is 5.10 Å². The van der Waals surface area contributed by atoms with E-state index in [0.717, 1.165) is 28.8 Å². The predicted octanol–water partition coefficient (Wildman–Crippen LogP) is 6.25. The van der Waals surface area contributed by atoms with Gasteiger partial charge in [-0.15, -0.1) is 0 Å². The number of hydrazone groups is 1. The zero-order valence-electron chi connectivity index (χ0n) is 17.0. The first-order valence-electron chi connectivity index (χ1n) is 9.88. The van der Waals surface area contributed by atoms with E-state index < -0.39 is 6.23 Å². The van der Waals surface area contributed by atoms with Gasteiger partial charge in [-0.3, -0.25) is 0 Å². The highest BCUT2D eigenvalue weighted by atomic mass is 35.5. The standard InChI is InChI=1S/C24H20Cl2N2O3/c1-29-21-9-8-15(10-22(21)30-2)24-28-20(13-19(27-28)14-6-4-3-5-7-14)17-11-16(25)12-18(26)23(17)31-24/h3-12,20,24H,13H2,1-2H3. The Morgan fingerprint density at radius 2 is 1.74 bits per heavy atom. The molecule has 0 N–H and O–H groups in total. The summed E-state index contributed by atoms with van der Waals surface area (Å²) in [6.07, 6.45) is 0.248. The van der Waals surface area contributed by atoms with Gasteiger partial charge >= 0.3 is 0 Å². The summed E-state index contributed by atoms with van der Waals surface area (Å²) in [5.74, 6) is 1.91. The fourth-order valence-electron chi connectivity index (χ4n) is 4.15. The van der Waals surface area contributed by atoms with Crippen molar-refractivity contribution in [2.75, 3.05) is 14.2 Å². The first kappa shape index (κ1) is 20.0. The predicted molar refractivity (Wildman–Crippen MR) is 122 cm³/mol. The average molecular weight is 455 g/mol. The lowest BCUT2D eigenvalue weighted by molar-refractivity contribution is -0.0190. The van der Waals surface area contributed by atoms with Gasteiger partial charge in [0, 0.05) is 22.6 Å². The molecular weight excluding hydrogens is 435 g/mol. The Labute approximate surface area is 190 Å². The maximum absolute atomic E-state index is 6.54. The molecule has 2 aliphatic rings. The molecule has 2 heterocycles. The monoisotopic (exact) mass is 454 g/mol. The van der Waals surface area contributed by atoms with E-state index >= 15 is 0 Å². The summed E-state index contributed by atoms with van der Waals surface area (Å²) in [6, 6.07) is 19.4. The van der Waals surface area contributed by atoms with Crippen LogP contribution in [0, 0.1) is 0 Å². The molecule has 5 rings (SSSR count). The highest BCUT2D eigenvalue weighted by molar-refractivity contribution is 6.35. The fourth-order valence-corrected chi connectivity index (χ4v) is 4.70. The highest BCUT2D eigenvalue weighted by Gasteiger charge is 2.42. The van der Waals surface area contributed by atoms with Crippen molar-refractivity contribution in [1.29, 1.82) is 0 Å². The number of fused-ring (bicyclic) bond motifs is 3. The van der Waals surface area contributed by atoms with Crippen molar-refractivity contribution < 1.29 is 14.2 Å². The molecule has 0 fully saturated rings. The zero-order chi connectivity index (χ0) is 21.5. The minimum absolute atomic E-state index is 0.0479. The molecule has 0 aliphatic carbocycles. The number of hydrogen-bond acceptors (Lipinski definition) is 5. The molecule has 0 aromatic heterocycles. The number of benzene rings is 3. The number of rotatable bonds is 4. The van der Waals surface area contributed by atoms with E-state index in [1.165, 1.54) is 0 Å². The average Bonchev–Trinajstić information content (AvgIpc) is 3.25. The summed E-state index contributed by atoms with van der Waals surface area (Å²) in [4.78, 5) is 0. The Balaban J connectivity index is 1.63. The van der Waals surface area contributed by atoms with Gasteiger partial charge in [-0.2, -0.15) is 5.10 Å². The van der Waals surface area contributed by atoms with E-state index in [2.05, 4.69) is 12.1 Å². The number of nitrogens with zero attached hydrogens (tertiary/aromatic N) is 2. The molecule has 0 spiro atoms. The third-order valence-electron chi connectivity index (χ3n) is 5.61. The normalized spacial score (nSPS) is 19.2. The van der Waals surface area contributed by atoms with Gasteiger partial charge in [0.2, 0.25) is 6.23 Å². The van der Waals surface area contributed by atoms with Crippen LogP contribution in [0.4, 0.5) is 0 Å². The first-order chi connectivity index (χ1) is 15.1. The topological polar surface area (TPSA) is 43.3 Å². The summed E-state index contributed by atoms with van der Waals surface area (Å²) >= 11 is 12.9. The van der Waals surface area contributed by atoms with Gasteiger partial charge in [0.1, 0.15) is 5.75 Å². The van der Waals surface area contributed by atoms with Gasteiger partial charge in [0.25, 0.3) is 0 Å². The van der Waals surface area contributed by atoms with E-state index in [1.54, 1.807) is 20.3 Å². The van der Waals surface area contributed by atoms with Crippen molar-refractivity contribution in [3.8, 4) is 17.2 Å². The molecule has 0 amide bonds. The number of hydrogen-bond donors (Lipinski definition) is 0. The molecule has 0 bridgehead atoms. The molecule has 2 unspecified atom stereocenters. The maximum atomic E-state index is 6.54. The summed E-state index contributed by atoms with van der Waals surface area (Å²) in [7, 11) is 3.23. The SMILES string of the molecule is COc1ccc(C2Oc3c(Cl)cc(Cl)cc3C3CC(c4ccccc4)=NN32)cc1OC. The van der Waals surface area contributed by atoms with E-state index in [-0.39, 0.29) is 6.04 Å². The van der Waals surface area contributed by atoms with E-state index in [1.807, 2.05) is 47.5 Å². The molecule has 7 heteroatoms. The van der Waals surface area contributed by atoms with Crippen LogP contribution >= 0.6 is 23.2 Å². The second-order valence-electron chi connectivity index (χ2n) is 7.40. The molecule has 0 saturated carbocycles. The molecule has 31 heavy (non-hydrogen) atoms. The second kappa shape index (κ2) is 7.98. The van der Waals surface area contributed by atoms with Crippen LogP contribution in [0.25, 0.3) is 0 Å². The maximum Gasteiger partial charge on any atom is 0.214 e. The third kappa shape index (κ3) is 3.48. The van der Waals surface area contributed by atoms with Crippen molar-refractivity contribution in [1.82, 2.24) is 5.01 Å². The van der Waals surface area contributed by atoms with Crippen LogP contribution in [0.1, 0.15) is 35.4 Å². The quantitative estimate of drug-likeness (QED) is 0.466. The first-order valence-corrected chi connectivity index (χ1v) is 10.6. The molecular formula is C24H20Cl2N2O3. The molecule has 2 atom stereocenters. The van der Waals surface area contributed by atoms with Gasteiger partial charge in [0.05, 0.1) is 31.0 Å². The zero-order valence-corrected chi connectivity index (χ0v) is 18.5. The van der Waals surface area contributed by atoms with Crippen molar-refractivity contribution >= 4 is 28.9 Å². The Hall–Kier alpha value is -2.89. The van der Waals surface area contributed by atoms with Crippen LogP contribution in [0.3, 0.4) is 0 Å². The van der Waals surface area contributed by atoms with Crippen molar-refractivity contribution in [2.45, 2.75) is 18.7 Å². The van der Waals surface area contributed by atoms with Gasteiger partial charge in [-0.25, -0.2) is 5.01 Å². The fraction of sp³-hybridized carbons (Fsp3) is 0.208. The van der Waals surface area contributed by atoms with Crippen molar-refractivity contribution in [3.63, 3.8) is 0 Å². The Bertz CT molecular complexity index is 1170. The second-order valence-corrected chi connectivity index (χ2v) is 8.25. The Morgan fingerprint density at radius 3 is 2.48 bits per heavy atom. The van der Waals surface area contributed by atoms with Gasteiger partial charge < -0.3 is 14.2 Å². The summed E-state index contributed by atoms with van der Waals surface area (Å²) in [5.41, 5.74) is 3.89. The smallest absolute Gasteiger partial charge is 0.214 e. The highest BCUT2D eigenvalue weighted by Crippen LogP contribution is 2.51. The van der Waals surface area contributed by atoms with Gasteiger partial charge in [0.15, 0.2) is 11.5 Å². The lowest BCUT2D eigenvalue weighted by Crippen LogP contribution is -2.33. The summed E-state index contributed by atoms with van der Waals surface area (Å²) < 4.78 is 17.3. The summed E-state index contributed by atoms with van der Waals surface area (Å²) in [5, 5.41) is 8.01. The van der Waals surface area contributed by atoms with Crippen LogP contribution in [0.15, 0.2) is 65.8 Å². The molecule has 3 aromatic carbocycles. The number of methoxy groups -OCH3 is 2. The van der Waals surface area contributed by atoms with E-state index in [9.17, 15) is 0 Å². The number of ether oxygens (including phenoxy) is 3. The van der Waals surface area contributed by atoms with Gasteiger partial charge in [-0.1, -0.05) is 53.5 Å². The van der Waals surface area contributed by atoms with Gasteiger partial charge in [-0.05, 0) is 35.9 Å². The molecule has 3 aromatic rings. The molecule has 158 valence electrons. The van der Waals surface area contributed by atoms with Crippen LogP contribution < -0.4 is 14.2 Å². The summed E-state index contributed by atoms with van der Waals surface area (Å²) in [6.45, 7) is 0.